The van der Waals surface area contributed by atoms with Gasteiger partial charge in [-0.25, -0.2) is 0 Å². The van der Waals surface area contributed by atoms with E-state index in [0.29, 0.717) is 23.4 Å². The molecule has 1 unspecified atom stereocenters. The molecule has 2 aliphatic heterocycles. The summed E-state index contributed by atoms with van der Waals surface area (Å²) in [5.74, 6) is -0.794. The number of Topliss-reactive ketones (excluding diaryl/α,β-unsaturated/α-hetero) is 1. The van der Waals surface area contributed by atoms with Crippen LogP contribution in [-0.4, -0.2) is 28.4 Å². The van der Waals surface area contributed by atoms with Crippen LogP contribution >= 0.6 is 0 Å². The highest BCUT2D eigenvalue weighted by molar-refractivity contribution is 6.51. The highest BCUT2D eigenvalue weighted by Gasteiger charge is 2.47. The molecule has 0 bridgehead atoms. The zero-order valence-corrected chi connectivity index (χ0v) is 19.4. The Labute approximate surface area is 198 Å². The van der Waals surface area contributed by atoms with E-state index < -0.39 is 17.7 Å². The number of hydrogen-bond acceptors (Lipinski definition) is 5. The molecule has 2 aliphatic rings. The third-order valence-electron chi connectivity index (χ3n) is 6.44. The van der Waals surface area contributed by atoms with Crippen molar-refractivity contribution in [2.75, 3.05) is 11.5 Å². The predicted molar refractivity (Wildman–Crippen MR) is 130 cm³/mol. The van der Waals surface area contributed by atoms with Crippen LogP contribution in [0.25, 0.3) is 5.76 Å². The largest absolute Gasteiger partial charge is 0.507 e. The number of anilines is 1. The Bertz CT molecular complexity index is 1300. The summed E-state index contributed by atoms with van der Waals surface area (Å²) < 4.78 is 5.56. The molecule has 1 N–H and O–H groups in total. The van der Waals surface area contributed by atoms with E-state index in [1.165, 1.54) is 4.90 Å². The lowest BCUT2D eigenvalue weighted by molar-refractivity contribution is -0.132. The molecule has 3 heterocycles. The number of fused-ring (bicyclic) bond motifs is 1. The second-order valence-corrected chi connectivity index (χ2v) is 9.67. The third kappa shape index (κ3) is 3.65. The van der Waals surface area contributed by atoms with Crippen molar-refractivity contribution in [1.29, 1.82) is 0 Å². The summed E-state index contributed by atoms with van der Waals surface area (Å²) in [6.45, 7) is 6.94. The van der Waals surface area contributed by atoms with Crippen molar-refractivity contribution in [1.82, 2.24) is 4.98 Å². The number of aliphatic hydroxyl groups excluding tert-OH is 1. The Morgan fingerprint density at radius 1 is 1.03 bits per heavy atom. The summed E-state index contributed by atoms with van der Waals surface area (Å²) in [6.07, 6.45) is 3.97. The minimum Gasteiger partial charge on any atom is -0.507 e. The average Bonchev–Trinajstić information content (AvgIpc) is 3.41. The number of nitrogens with zero attached hydrogens (tertiary/aromatic N) is 2. The number of aromatic nitrogens is 1. The van der Waals surface area contributed by atoms with Crippen LogP contribution in [0, 0.1) is 0 Å². The molecule has 1 saturated heterocycles. The number of ether oxygens (including phenoxy) is 1. The van der Waals surface area contributed by atoms with Gasteiger partial charge in [0.25, 0.3) is 11.7 Å². The van der Waals surface area contributed by atoms with Crippen LogP contribution in [0.5, 0.6) is 5.75 Å². The number of rotatable bonds is 3. The Hall–Kier alpha value is -3.93. The van der Waals surface area contributed by atoms with Crippen molar-refractivity contribution in [2.24, 2.45) is 0 Å². The third-order valence-corrected chi connectivity index (χ3v) is 6.44. The summed E-state index contributed by atoms with van der Waals surface area (Å²) in [7, 11) is 0. The zero-order chi connectivity index (χ0) is 24.0. The van der Waals surface area contributed by atoms with Gasteiger partial charge in [0.05, 0.1) is 18.2 Å². The monoisotopic (exact) mass is 454 g/mol. The smallest absolute Gasteiger partial charge is 0.300 e. The lowest BCUT2D eigenvalue weighted by Crippen LogP contribution is -2.29. The van der Waals surface area contributed by atoms with Crippen LogP contribution in [0.15, 0.2) is 72.6 Å². The number of benzene rings is 2. The van der Waals surface area contributed by atoms with Gasteiger partial charge in [-0.1, -0.05) is 32.9 Å². The average molecular weight is 455 g/mol. The van der Waals surface area contributed by atoms with Gasteiger partial charge in [-0.05, 0) is 64.6 Å². The number of amides is 1. The highest BCUT2D eigenvalue weighted by atomic mass is 16.5. The fourth-order valence-corrected chi connectivity index (χ4v) is 4.57. The normalized spacial score (nSPS) is 19.3. The number of carbonyl (C=O) groups excluding carboxylic acids is 2. The van der Waals surface area contributed by atoms with Gasteiger partial charge >= 0.3 is 0 Å². The van der Waals surface area contributed by atoms with Gasteiger partial charge in [0.15, 0.2) is 0 Å². The molecule has 5 rings (SSSR count). The van der Waals surface area contributed by atoms with Gasteiger partial charge < -0.3 is 9.84 Å². The predicted octanol–water partition coefficient (Wildman–Crippen LogP) is 4.94. The van der Waals surface area contributed by atoms with E-state index in [0.717, 1.165) is 23.3 Å². The molecule has 6 heteroatoms. The van der Waals surface area contributed by atoms with Crippen LogP contribution in [0.2, 0.25) is 0 Å². The lowest BCUT2D eigenvalue weighted by Gasteiger charge is -2.26. The van der Waals surface area contributed by atoms with Gasteiger partial charge in [0, 0.05) is 30.1 Å². The van der Waals surface area contributed by atoms with Gasteiger partial charge in [0.1, 0.15) is 11.5 Å². The molecular formula is C28H26N2O4. The minimum atomic E-state index is -0.770. The summed E-state index contributed by atoms with van der Waals surface area (Å²) in [4.78, 5) is 32.1. The molecule has 2 aromatic carbocycles. The molecule has 34 heavy (non-hydrogen) atoms. The molecule has 0 radical (unpaired) electrons. The molecule has 0 spiro atoms. The highest BCUT2D eigenvalue weighted by Crippen LogP contribution is 2.43. The Kier molecular flexibility index (Phi) is 5.24. The first-order valence-corrected chi connectivity index (χ1v) is 11.3. The number of pyridine rings is 1. The van der Waals surface area contributed by atoms with Crippen molar-refractivity contribution in [3.63, 3.8) is 0 Å². The van der Waals surface area contributed by atoms with E-state index >= 15 is 0 Å². The first-order valence-electron chi connectivity index (χ1n) is 11.3. The Morgan fingerprint density at radius 3 is 2.41 bits per heavy atom. The first kappa shape index (κ1) is 21.9. The van der Waals surface area contributed by atoms with Crippen molar-refractivity contribution < 1.29 is 19.4 Å². The molecule has 1 aromatic heterocycles. The number of hydrogen-bond donors (Lipinski definition) is 1. The molecule has 0 saturated carbocycles. The van der Waals surface area contributed by atoms with Gasteiger partial charge in [-0.3, -0.25) is 19.5 Å². The zero-order valence-electron chi connectivity index (χ0n) is 19.4. The Balaban J connectivity index is 1.66. The molecule has 3 aromatic rings. The molecule has 6 nitrogen and oxygen atoms in total. The first-order chi connectivity index (χ1) is 16.3. The quantitative estimate of drug-likeness (QED) is 0.344. The molecule has 1 amide bonds. The van der Waals surface area contributed by atoms with Crippen molar-refractivity contribution >= 4 is 23.1 Å². The second kappa shape index (κ2) is 8.13. The maximum Gasteiger partial charge on any atom is 0.300 e. The van der Waals surface area contributed by atoms with Gasteiger partial charge in [0.2, 0.25) is 0 Å². The maximum atomic E-state index is 13.3. The van der Waals surface area contributed by atoms with Gasteiger partial charge in [-0.2, -0.15) is 0 Å². The summed E-state index contributed by atoms with van der Waals surface area (Å²) in [6, 6.07) is 15.7. The summed E-state index contributed by atoms with van der Waals surface area (Å²) in [5.41, 5.74) is 3.89. The standard InChI is InChI=1S/C28H26N2O4/c1-28(2,3)20-5-7-21(8-6-20)30-24(17-10-13-29-14-11-17)23(26(32)27(30)33)25(31)19-4-9-22-18(16-19)12-15-34-22/h4-11,13-14,16,24,31H,12,15H2,1-3H3/b25-23-. The summed E-state index contributed by atoms with van der Waals surface area (Å²) >= 11 is 0. The lowest BCUT2D eigenvalue weighted by atomic mass is 9.87. The molecule has 172 valence electrons. The number of ketones is 1. The van der Waals surface area contributed by atoms with Crippen LogP contribution in [0.1, 0.15) is 49.1 Å². The van der Waals surface area contributed by atoms with E-state index in [1.807, 2.05) is 30.3 Å². The molecular weight excluding hydrogens is 428 g/mol. The molecule has 0 aliphatic carbocycles. The van der Waals surface area contributed by atoms with Crippen LogP contribution in [-0.2, 0) is 21.4 Å². The second-order valence-electron chi connectivity index (χ2n) is 9.67. The van der Waals surface area contributed by atoms with E-state index in [9.17, 15) is 14.7 Å². The maximum absolute atomic E-state index is 13.3. The van der Waals surface area contributed by atoms with E-state index in [1.54, 1.807) is 36.7 Å². The van der Waals surface area contributed by atoms with Crippen LogP contribution in [0.3, 0.4) is 0 Å². The SMILES string of the molecule is CC(C)(C)c1ccc(N2C(=O)C(=O)/C(=C(\O)c3ccc4c(c3)CCO4)C2c2ccncc2)cc1. The van der Waals surface area contributed by atoms with E-state index in [2.05, 4.69) is 25.8 Å². The fraction of sp³-hybridized carbons (Fsp3) is 0.250. The van der Waals surface area contributed by atoms with E-state index in [-0.39, 0.29) is 16.7 Å². The Morgan fingerprint density at radius 2 is 1.74 bits per heavy atom. The van der Waals surface area contributed by atoms with Crippen LogP contribution in [0.4, 0.5) is 5.69 Å². The minimum absolute atomic E-state index is 0.0471. The topological polar surface area (TPSA) is 79.7 Å². The molecule has 1 fully saturated rings. The number of aliphatic hydroxyl groups is 1. The summed E-state index contributed by atoms with van der Waals surface area (Å²) in [5, 5.41) is 11.3. The fourth-order valence-electron chi connectivity index (χ4n) is 4.57. The van der Waals surface area contributed by atoms with Crippen molar-refractivity contribution in [3.8, 4) is 5.75 Å². The van der Waals surface area contributed by atoms with Gasteiger partial charge in [-0.15, -0.1) is 0 Å². The number of carbonyl (C=O) groups is 2. The van der Waals surface area contributed by atoms with Crippen molar-refractivity contribution in [2.45, 2.75) is 38.6 Å². The van der Waals surface area contributed by atoms with E-state index in [4.69, 9.17) is 4.74 Å². The van der Waals surface area contributed by atoms with Crippen LogP contribution < -0.4 is 9.64 Å². The molecule has 1 atom stereocenters. The van der Waals surface area contributed by atoms with Crippen molar-refractivity contribution in [3.05, 3.63) is 94.8 Å².